The fraction of sp³-hybridized carbons (Fsp3) is 0. The number of hydrogen-bond acceptors (Lipinski definition) is 29. The summed E-state index contributed by atoms with van der Waals surface area (Å²) in [6.45, 7) is 0. The predicted octanol–water partition coefficient (Wildman–Crippen LogP) is 0.246. The summed E-state index contributed by atoms with van der Waals surface area (Å²) in [5.41, 5.74) is 18.4. The Kier molecular flexibility index (Phi) is 44.2. The van der Waals surface area contributed by atoms with E-state index in [0.29, 0.717) is 58.1 Å². The van der Waals surface area contributed by atoms with Gasteiger partial charge in [0.15, 0.2) is 39.0 Å². The zero-order chi connectivity index (χ0) is 55.1. The number of fused-ring (bicyclic) bond motifs is 1. The normalized spacial score (nSPS) is 12.1. The van der Waals surface area contributed by atoms with Crippen molar-refractivity contribution in [3.63, 3.8) is 0 Å². The number of nitrogens with zero attached hydrogens (tertiary/aromatic N) is 8. The second-order valence-corrected chi connectivity index (χ2v) is 20.5. The van der Waals surface area contributed by atoms with Gasteiger partial charge in [0.05, 0.1) is 111 Å². The van der Waals surface area contributed by atoms with Gasteiger partial charge >= 0.3 is 88.7 Å². The number of azo groups is 4. The van der Waals surface area contributed by atoms with Crippen molar-refractivity contribution < 1.29 is 303 Å². The van der Waals surface area contributed by atoms with Crippen molar-refractivity contribution in [1.82, 2.24) is 0 Å². The first kappa shape index (κ1) is 85.8. The molecule has 3 unspecified atom stereocenters. The third-order valence-electron chi connectivity index (χ3n) is 9.36. The fourth-order valence-electron chi connectivity index (χ4n) is 5.92. The number of anilines is 3. The molecule has 0 aliphatic carbocycles. The molecule has 0 bridgehead atoms. The maximum Gasteiger partial charge on any atom is 1.00 e. The van der Waals surface area contributed by atoms with Gasteiger partial charge in [0.1, 0.15) is 32.9 Å². The average molecular weight is 1600 g/mol. The summed E-state index contributed by atoms with van der Waals surface area (Å²) in [7, 11) is -5.20. The van der Waals surface area contributed by atoms with Crippen LogP contribution in [0, 0.1) is 0 Å². The molecule has 7 aromatic rings. The van der Waals surface area contributed by atoms with E-state index in [0.717, 1.165) is 6.07 Å². The van der Waals surface area contributed by atoms with Crippen LogP contribution in [0.15, 0.2) is 190 Å². The van der Waals surface area contributed by atoms with Crippen molar-refractivity contribution in [2.45, 2.75) is 34.3 Å². The number of phenolic OH excluding ortho intramolecular Hbond substituents is 1. The van der Waals surface area contributed by atoms with Crippen LogP contribution in [-0.2, 0) is 197 Å². The Morgan fingerprint density at radius 3 is 1.28 bits per heavy atom. The smallest absolute Gasteiger partial charge is 0.744 e. The number of phenols is 1. The Hall–Kier alpha value is 0.786. The predicted molar refractivity (Wildman–Crippen MR) is 268 cm³/mol. The van der Waals surface area contributed by atoms with Gasteiger partial charge in [0.25, 0.3) is 0 Å². The molecule has 0 saturated heterocycles. The quantitative estimate of drug-likeness (QED) is 0.00741. The van der Waals surface area contributed by atoms with E-state index in [9.17, 15) is 41.2 Å². The monoisotopic (exact) mass is 1600 g/mol. The zero-order valence-corrected chi connectivity index (χ0v) is 65.6. The van der Waals surface area contributed by atoms with E-state index in [2.05, 4.69) is 64.0 Å². The van der Waals surface area contributed by atoms with E-state index in [1.165, 1.54) is 97.1 Å². The molecule has 83 heavy (non-hydrogen) atoms. The first-order valence-electron chi connectivity index (χ1n) is 19.8. The second kappa shape index (κ2) is 42.8. The summed E-state index contributed by atoms with van der Waals surface area (Å²) in [5, 5.41) is 78.8. The number of hydrogen-bond donors (Lipinski definition) is 8. The average Bonchev–Trinajstić information content (AvgIpc) is 3.55. The van der Waals surface area contributed by atoms with Crippen molar-refractivity contribution in [3.8, 4) is 5.75 Å². The summed E-state index contributed by atoms with van der Waals surface area (Å²) in [4.78, 5) is 0.227. The molecule has 11 N–H and O–H groups in total. The van der Waals surface area contributed by atoms with Crippen LogP contribution in [0.5, 0.6) is 5.75 Å². The third-order valence-corrected chi connectivity index (χ3v) is 14.0. The van der Waals surface area contributed by atoms with Gasteiger partial charge in [-0.2, -0.15) is 33.5 Å². The standard InChI is InChI=1S/C22H17N5O11S4.C18H16N6O7S3.3Na.4Y/c23-19-18-11(10-17(42(33,34)35)21(19)27-25-13-3-7-15(8-4-13)41(31)32)9-16(40-38-36-29)20(22(18)28)26-24-12-1-5-14(6-2-12)39-37-30;19-16-14(23-21-10-1-5-12(6-2-10)33(26)27)9-15(32-31-30-25)17(20)18(16)24-22-11-3-7-13(8-4-11)34(28)29;;;;;;;/h1-10,28-30H,23H2,(H,31,32)(H,33,34,35);1-9,25H,19-20H2,(H,26,27)(H,28,29);;;;;;;/q;;3*+1;;;;/p-3. The van der Waals surface area contributed by atoms with E-state index in [1.54, 1.807) is 12.1 Å². The molecule has 29 nitrogen and oxygen atoms in total. The Morgan fingerprint density at radius 1 is 0.494 bits per heavy atom. The minimum Gasteiger partial charge on any atom is -0.744 e. The minimum absolute atomic E-state index is 0. The largest absolute Gasteiger partial charge is 1.00 e. The van der Waals surface area contributed by atoms with Crippen molar-refractivity contribution in [1.29, 1.82) is 0 Å². The van der Waals surface area contributed by atoms with Crippen molar-refractivity contribution >= 4 is 153 Å². The Balaban J connectivity index is 0. The molecule has 0 spiro atoms. The molecule has 0 aromatic heterocycles. The minimum atomic E-state index is -5.20. The number of benzene rings is 7. The van der Waals surface area contributed by atoms with Crippen LogP contribution in [0.4, 0.5) is 62.6 Å². The molecule has 410 valence electrons. The summed E-state index contributed by atoms with van der Waals surface area (Å²) in [5.74, 6) is -0.646. The number of aromatic hydroxyl groups is 1. The van der Waals surface area contributed by atoms with Gasteiger partial charge in [0, 0.05) is 136 Å². The topological polar surface area (TPSA) is 479 Å². The molecule has 0 saturated carbocycles. The second-order valence-electron chi connectivity index (χ2n) is 14.0. The maximum absolute atomic E-state index is 12.1. The number of nitrogen functional groups attached to an aromatic ring is 3. The Morgan fingerprint density at radius 2 is 0.880 bits per heavy atom. The molecule has 3 atom stereocenters. The van der Waals surface area contributed by atoms with E-state index in [-0.39, 0.29) is 289 Å². The molecule has 0 fully saturated rings. The van der Waals surface area contributed by atoms with E-state index < -0.39 is 65.4 Å². The van der Waals surface area contributed by atoms with E-state index >= 15 is 0 Å². The van der Waals surface area contributed by atoms with Gasteiger partial charge in [-0.1, -0.05) is 0 Å². The van der Waals surface area contributed by atoms with Gasteiger partial charge in [-0.25, -0.2) is 26.3 Å². The van der Waals surface area contributed by atoms with Crippen LogP contribution in [-0.4, -0.2) is 49.6 Å². The molecule has 0 heterocycles. The molecule has 7 aromatic carbocycles. The van der Waals surface area contributed by atoms with E-state index in [1.807, 2.05) is 0 Å². The molecule has 0 aliphatic rings. The van der Waals surface area contributed by atoms with Crippen LogP contribution < -0.4 is 116 Å². The van der Waals surface area contributed by atoms with Gasteiger partial charge in [-0.05, 0) is 121 Å². The van der Waals surface area contributed by atoms with Gasteiger partial charge < -0.3 is 51.0 Å². The molecular formula is C40H30N11Na3O18S7Y4. The van der Waals surface area contributed by atoms with Crippen LogP contribution in [0.3, 0.4) is 0 Å². The van der Waals surface area contributed by atoms with Crippen molar-refractivity contribution in [2.24, 2.45) is 40.9 Å². The number of rotatable bonds is 20. The van der Waals surface area contributed by atoms with Crippen LogP contribution >= 0.6 is 36.1 Å². The first-order valence-corrected chi connectivity index (χ1v) is 26.7. The van der Waals surface area contributed by atoms with Gasteiger partial charge in [-0.3, -0.25) is 10.1 Å². The Labute approximate surface area is 657 Å². The van der Waals surface area contributed by atoms with E-state index in [4.69, 9.17) is 36.1 Å². The summed E-state index contributed by atoms with van der Waals surface area (Å²) < 4.78 is 110. The summed E-state index contributed by atoms with van der Waals surface area (Å²) in [6.07, 6.45) is 0. The van der Waals surface area contributed by atoms with Crippen LogP contribution in [0.2, 0.25) is 0 Å². The summed E-state index contributed by atoms with van der Waals surface area (Å²) >= 11 is -5.01. The van der Waals surface area contributed by atoms with Gasteiger partial charge in [0.2, 0.25) is 0 Å². The summed E-state index contributed by atoms with van der Waals surface area (Å²) in [6, 6.07) is 26.3. The molecule has 0 aliphatic heterocycles. The van der Waals surface area contributed by atoms with Crippen LogP contribution in [0.1, 0.15) is 0 Å². The van der Waals surface area contributed by atoms with Crippen molar-refractivity contribution in [3.05, 3.63) is 115 Å². The molecular weight excluding hydrogens is 1570 g/mol. The third kappa shape index (κ3) is 25.4. The Bertz CT molecular complexity index is 3570. The SMILES string of the molecule is Nc1c(N=Nc2ccc(S(=O)O)cc2)c(S(=O)(=O)[O-])cc2cc(SOO[O-])c(N=Nc3ccc(SOO)cc3)c(O)c12.Nc1c(N=Nc2ccc(S(=O)O)cc2)cc(SOO[O-])c(N)c1N=Nc1ccc(S(=O)O)cc1.[Na+].[Na+].[Na+].[Y].[Y].[Y].[Y]. The fourth-order valence-corrected chi connectivity index (χ4v) is 8.96. The molecule has 43 heteroatoms. The number of nitrogens with two attached hydrogens (primary N) is 3. The molecule has 4 radical (unpaired) electrons. The molecule has 0 amide bonds. The molecule has 7 rings (SSSR count). The maximum atomic E-state index is 12.1. The van der Waals surface area contributed by atoms with Gasteiger partial charge in [-0.15, -0.1) is 20.5 Å². The van der Waals surface area contributed by atoms with Crippen LogP contribution in [0.25, 0.3) is 10.8 Å². The first-order chi connectivity index (χ1) is 36.3. The van der Waals surface area contributed by atoms with Crippen molar-refractivity contribution in [2.75, 3.05) is 17.2 Å². The zero-order valence-electron chi connectivity index (χ0n) is 42.5.